The van der Waals surface area contributed by atoms with E-state index >= 15 is 0 Å². The van der Waals surface area contributed by atoms with Gasteiger partial charge in [-0.3, -0.25) is 10.1 Å². The van der Waals surface area contributed by atoms with Crippen molar-refractivity contribution in [2.45, 2.75) is 12.4 Å². The first kappa shape index (κ1) is 18.3. The molecular weight excluding hydrogens is 391 g/mol. The van der Waals surface area contributed by atoms with Crippen LogP contribution in [0.4, 0.5) is 32.0 Å². The van der Waals surface area contributed by atoms with Crippen molar-refractivity contribution >= 4 is 28.9 Å². The largest absolute Gasteiger partial charge is 0.442 e. The molecule has 1 heterocycles. The van der Waals surface area contributed by atoms with E-state index < -0.39 is 50.0 Å². The Hall–Kier alpha value is -2.01. The van der Waals surface area contributed by atoms with Gasteiger partial charge in [0.05, 0.1) is 20.5 Å². The van der Waals surface area contributed by atoms with Gasteiger partial charge in [0.25, 0.3) is 0 Å². The lowest BCUT2D eigenvalue weighted by Crippen LogP contribution is -2.10. The standard InChI is InChI=1S/C11H3Cl2F6N3O2/c12-5-1-4(10(14,15)16)2-6(13)8(5)21-3-7(22(23)24)9(20-21)11(17,18)19/h1-3H. The average Bonchev–Trinajstić information content (AvgIpc) is 2.81. The van der Waals surface area contributed by atoms with Crippen LogP contribution in [0.15, 0.2) is 18.3 Å². The van der Waals surface area contributed by atoms with E-state index in [0.29, 0.717) is 23.0 Å². The van der Waals surface area contributed by atoms with Gasteiger partial charge >= 0.3 is 18.0 Å². The van der Waals surface area contributed by atoms with Crippen molar-refractivity contribution in [2.24, 2.45) is 0 Å². The summed E-state index contributed by atoms with van der Waals surface area (Å²) in [6.45, 7) is 0. The van der Waals surface area contributed by atoms with Crippen LogP contribution in [0.2, 0.25) is 10.0 Å². The van der Waals surface area contributed by atoms with Crippen molar-refractivity contribution in [3.05, 3.63) is 49.7 Å². The van der Waals surface area contributed by atoms with Crippen LogP contribution in [0.25, 0.3) is 5.69 Å². The molecule has 2 rings (SSSR count). The second-order valence-electron chi connectivity index (χ2n) is 4.35. The van der Waals surface area contributed by atoms with Gasteiger partial charge in [0.2, 0.25) is 5.69 Å². The Morgan fingerprint density at radius 3 is 1.88 bits per heavy atom. The minimum Gasteiger partial charge on any atom is -0.258 e. The first-order chi connectivity index (χ1) is 10.8. The lowest BCUT2D eigenvalue weighted by molar-refractivity contribution is -0.388. The van der Waals surface area contributed by atoms with E-state index in [4.69, 9.17) is 23.2 Å². The Kier molecular flexibility index (Phi) is 4.44. The third kappa shape index (κ3) is 3.41. The lowest BCUT2D eigenvalue weighted by atomic mass is 10.2. The molecule has 5 nitrogen and oxygen atoms in total. The van der Waals surface area contributed by atoms with Gasteiger partial charge in [-0.15, -0.1) is 0 Å². The fourth-order valence-corrected chi connectivity index (χ4v) is 2.42. The lowest BCUT2D eigenvalue weighted by Gasteiger charge is -2.12. The summed E-state index contributed by atoms with van der Waals surface area (Å²) < 4.78 is 76.5. The highest BCUT2D eigenvalue weighted by molar-refractivity contribution is 6.37. The molecule has 1 aromatic heterocycles. The van der Waals surface area contributed by atoms with E-state index in [1.807, 2.05) is 0 Å². The van der Waals surface area contributed by atoms with Crippen LogP contribution in [0.3, 0.4) is 0 Å². The SMILES string of the molecule is O=[N+]([O-])c1cn(-c2c(Cl)cc(C(F)(F)F)cc2Cl)nc1C(F)(F)F. The van der Waals surface area contributed by atoms with Crippen molar-refractivity contribution in [2.75, 3.05) is 0 Å². The van der Waals surface area contributed by atoms with Crippen LogP contribution in [0.5, 0.6) is 0 Å². The molecule has 0 atom stereocenters. The molecule has 0 saturated heterocycles. The van der Waals surface area contributed by atoms with Gasteiger partial charge in [-0.2, -0.15) is 31.4 Å². The van der Waals surface area contributed by atoms with Gasteiger partial charge in [-0.25, -0.2) is 4.68 Å². The number of alkyl halides is 6. The summed E-state index contributed by atoms with van der Waals surface area (Å²) in [5.74, 6) is 0. The van der Waals surface area contributed by atoms with Crippen molar-refractivity contribution in [1.82, 2.24) is 9.78 Å². The molecule has 13 heteroatoms. The number of benzene rings is 1. The first-order valence-corrected chi connectivity index (χ1v) is 6.46. The second-order valence-corrected chi connectivity index (χ2v) is 5.16. The predicted molar refractivity (Wildman–Crippen MR) is 70.2 cm³/mol. The highest BCUT2D eigenvalue weighted by atomic mass is 35.5. The monoisotopic (exact) mass is 393 g/mol. The van der Waals surface area contributed by atoms with Gasteiger partial charge in [0, 0.05) is 0 Å². The first-order valence-electron chi connectivity index (χ1n) is 5.70. The molecule has 24 heavy (non-hydrogen) atoms. The summed E-state index contributed by atoms with van der Waals surface area (Å²) in [6, 6.07) is 0.840. The molecule has 1 aromatic carbocycles. The van der Waals surface area contributed by atoms with Crippen molar-refractivity contribution in [3.63, 3.8) is 0 Å². The fraction of sp³-hybridized carbons (Fsp3) is 0.182. The third-order valence-electron chi connectivity index (χ3n) is 2.73. The summed E-state index contributed by atoms with van der Waals surface area (Å²) in [5, 5.41) is 12.3. The van der Waals surface area contributed by atoms with E-state index in [0.717, 1.165) is 0 Å². The molecule has 0 radical (unpaired) electrons. The molecule has 0 aliphatic heterocycles. The van der Waals surface area contributed by atoms with Gasteiger partial charge in [0.15, 0.2) is 0 Å². The molecule has 0 amide bonds. The molecule has 0 unspecified atom stereocenters. The Bertz CT molecular complexity index is 792. The normalized spacial score (nSPS) is 12.5. The highest BCUT2D eigenvalue weighted by Crippen LogP contribution is 2.40. The van der Waals surface area contributed by atoms with Gasteiger partial charge in [0.1, 0.15) is 11.9 Å². The predicted octanol–water partition coefficient (Wildman–Crippen LogP) is 5.12. The molecule has 2 aromatic rings. The van der Waals surface area contributed by atoms with E-state index in [1.54, 1.807) is 0 Å². The van der Waals surface area contributed by atoms with Gasteiger partial charge in [-0.1, -0.05) is 23.2 Å². The molecule has 0 saturated carbocycles. The Labute approximate surface area is 138 Å². The van der Waals surface area contributed by atoms with E-state index in [2.05, 4.69) is 5.10 Å². The Balaban J connectivity index is 2.68. The maximum absolute atomic E-state index is 12.8. The molecule has 0 bridgehead atoms. The summed E-state index contributed by atoms with van der Waals surface area (Å²) >= 11 is 11.3. The zero-order chi connectivity index (χ0) is 18.4. The minimum atomic E-state index is -5.15. The maximum atomic E-state index is 12.8. The zero-order valence-corrected chi connectivity index (χ0v) is 12.4. The van der Waals surface area contributed by atoms with Crippen molar-refractivity contribution in [3.8, 4) is 5.69 Å². The molecule has 130 valence electrons. The molecule has 0 aliphatic rings. The molecule has 0 N–H and O–H groups in total. The molecule has 0 spiro atoms. The molecule has 0 fully saturated rings. The summed E-state index contributed by atoms with van der Waals surface area (Å²) in [5.41, 5.74) is -5.02. The number of aromatic nitrogens is 2. The minimum absolute atomic E-state index is 0.311. The highest BCUT2D eigenvalue weighted by Gasteiger charge is 2.43. The number of halogens is 8. The molecule has 0 aliphatic carbocycles. The Morgan fingerprint density at radius 1 is 1.04 bits per heavy atom. The number of nitrogens with zero attached hydrogens (tertiary/aromatic N) is 3. The zero-order valence-electron chi connectivity index (χ0n) is 10.9. The smallest absolute Gasteiger partial charge is 0.258 e. The summed E-state index contributed by atoms with van der Waals surface area (Å²) in [7, 11) is 0. The van der Waals surface area contributed by atoms with Crippen molar-refractivity contribution in [1.29, 1.82) is 0 Å². The maximum Gasteiger partial charge on any atom is 0.442 e. The van der Waals surface area contributed by atoms with Crippen LogP contribution in [0, 0.1) is 10.1 Å². The van der Waals surface area contributed by atoms with Crippen LogP contribution in [-0.4, -0.2) is 14.7 Å². The Morgan fingerprint density at radius 2 is 1.54 bits per heavy atom. The van der Waals surface area contributed by atoms with Gasteiger partial charge < -0.3 is 0 Å². The topological polar surface area (TPSA) is 61.0 Å². The van der Waals surface area contributed by atoms with Crippen LogP contribution in [0.1, 0.15) is 11.3 Å². The second kappa shape index (κ2) is 5.81. The number of hydrogen-bond donors (Lipinski definition) is 0. The third-order valence-corrected chi connectivity index (χ3v) is 3.31. The number of rotatable bonds is 2. The average molecular weight is 394 g/mol. The summed E-state index contributed by atoms with van der Waals surface area (Å²) in [6.07, 6.45) is -9.58. The quantitative estimate of drug-likeness (QED) is 0.403. The summed E-state index contributed by atoms with van der Waals surface area (Å²) in [4.78, 5) is 9.37. The van der Waals surface area contributed by atoms with E-state index in [-0.39, 0.29) is 0 Å². The fourth-order valence-electron chi connectivity index (χ4n) is 1.76. The van der Waals surface area contributed by atoms with Gasteiger partial charge in [-0.05, 0) is 12.1 Å². The number of nitro groups is 1. The van der Waals surface area contributed by atoms with Crippen LogP contribution in [-0.2, 0) is 12.4 Å². The van der Waals surface area contributed by atoms with Crippen molar-refractivity contribution < 1.29 is 31.3 Å². The van der Waals surface area contributed by atoms with E-state index in [1.165, 1.54) is 0 Å². The number of hydrogen-bond acceptors (Lipinski definition) is 3. The van der Waals surface area contributed by atoms with E-state index in [9.17, 15) is 36.5 Å². The van der Waals surface area contributed by atoms with Crippen LogP contribution >= 0.6 is 23.2 Å². The van der Waals surface area contributed by atoms with Crippen LogP contribution < -0.4 is 0 Å². The molecular formula is C11H3Cl2F6N3O2.